The quantitative estimate of drug-likeness (QED) is 0.870. The molecule has 1 aromatic rings. The largest absolute Gasteiger partial charge is 0.382 e. The highest BCUT2D eigenvalue weighted by Gasteiger charge is 2.20. The first kappa shape index (κ1) is 13.8. The number of thiazole rings is 1. The van der Waals surface area contributed by atoms with Gasteiger partial charge in [0.25, 0.3) is 5.91 Å². The molecule has 0 aromatic carbocycles. The molecular formula is C11H20N4OS. The van der Waals surface area contributed by atoms with Gasteiger partial charge < -0.3 is 15.5 Å². The summed E-state index contributed by atoms with van der Waals surface area (Å²) in [5, 5.41) is 0.803. The Bertz CT molecular complexity index is 391. The Kier molecular flexibility index (Phi) is 4.74. The molecule has 0 spiro atoms. The number of hydrogen-bond acceptors (Lipinski definition) is 5. The Morgan fingerprint density at radius 3 is 2.59 bits per heavy atom. The minimum atomic E-state index is -0.0568. The van der Waals surface area contributed by atoms with Crippen LogP contribution in [0.15, 0.2) is 0 Å². The van der Waals surface area contributed by atoms with E-state index < -0.39 is 0 Å². The lowest BCUT2D eigenvalue weighted by Crippen LogP contribution is -2.26. The number of rotatable bonds is 5. The second kappa shape index (κ2) is 5.86. The van der Waals surface area contributed by atoms with Crippen LogP contribution in [-0.2, 0) is 0 Å². The zero-order valence-corrected chi connectivity index (χ0v) is 11.7. The van der Waals surface area contributed by atoms with E-state index in [9.17, 15) is 4.79 Å². The van der Waals surface area contributed by atoms with E-state index in [2.05, 4.69) is 11.9 Å². The number of nitrogen functional groups attached to an aromatic ring is 1. The molecule has 1 rings (SSSR count). The first-order valence-corrected chi connectivity index (χ1v) is 6.55. The van der Waals surface area contributed by atoms with Crippen molar-refractivity contribution in [2.75, 3.05) is 37.8 Å². The van der Waals surface area contributed by atoms with Crippen LogP contribution < -0.4 is 10.6 Å². The SMILES string of the molecule is CCCN(C)c1nc(N)c(C(=O)N(C)CC)s1. The molecule has 0 unspecified atom stereocenters. The third-order valence-corrected chi connectivity index (χ3v) is 3.72. The maximum atomic E-state index is 12.0. The number of hydrogen-bond donors (Lipinski definition) is 1. The monoisotopic (exact) mass is 256 g/mol. The lowest BCUT2D eigenvalue weighted by molar-refractivity contribution is 0.0808. The normalized spacial score (nSPS) is 10.4. The van der Waals surface area contributed by atoms with Crippen molar-refractivity contribution >= 4 is 28.2 Å². The van der Waals surface area contributed by atoms with E-state index in [-0.39, 0.29) is 5.91 Å². The molecule has 0 fully saturated rings. The summed E-state index contributed by atoms with van der Waals surface area (Å²) in [7, 11) is 3.72. The maximum Gasteiger partial charge on any atom is 0.267 e. The van der Waals surface area contributed by atoms with Crippen LogP contribution in [0.2, 0.25) is 0 Å². The fraction of sp³-hybridized carbons (Fsp3) is 0.636. The number of amides is 1. The lowest BCUT2D eigenvalue weighted by Gasteiger charge is -2.14. The highest BCUT2D eigenvalue weighted by molar-refractivity contribution is 7.18. The van der Waals surface area contributed by atoms with Gasteiger partial charge in [0.2, 0.25) is 0 Å². The molecule has 2 N–H and O–H groups in total. The van der Waals surface area contributed by atoms with Crippen molar-refractivity contribution in [3.8, 4) is 0 Å². The first-order valence-electron chi connectivity index (χ1n) is 5.74. The molecule has 0 radical (unpaired) electrons. The van der Waals surface area contributed by atoms with Gasteiger partial charge >= 0.3 is 0 Å². The molecule has 96 valence electrons. The number of carbonyl (C=O) groups is 1. The number of anilines is 2. The Morgan fingerprint density at radius 2 is 2.06 bits per heavy atom. The van der Waals surface area contributed by atoms with Gasteiger partial charge in [-0.25, -0.2) is 4.98 Å². The molecule has 6 heteroatoms. The molecule has 1 amide bonds. The van der Waals surface area contributed by atoms with Crippen molar-refractivity contribution in [3.63, 3.8) is 0 Å². The van der Waals surface area contributed by atoms with E-state index in [0.717, 1.165) is 18.1 Å². The van der Waals surface area contributed by atoms with Crippen LogP contribution in [0.25, 0.3) is 0 Å². The Labute approximate surface area is 106 Å². The molecule has 0 aliphatic rings. The summed E-state index contributed by atoms with van der Waals surface area (Å²) in [5.41, 5.74) is 5.79. The second-order valence-electron chi connectivity index (χ2n) is 3.95. The van der Waals surface area contributed by atoms with E-state index in [1.807, 2.05) is 18.9 Å². The van der Waals surface area contributed by atoms with Gasteiger partial charge in [0.1, 0.15) is 10.7 Å². The topological polar surface area (TPSA) is 62.5 Å². The molecule has 0 saturated heterocycles. The van der Waals surface area contributed by atoms with Crippen molar-refractivity contribution in [3.05, 3.63) is 4.88 Å². The minimum Gasteiger partial charge on any atom is -0.382 e. The van der Waals surface area contributed by atoms with Crippen LogP contribution in [0.3, 0.4) is 0 Å². The van der Waals surface area contributed by atoms with Gasteiger partial charge in [-0.05, 0) is 13.3 Å². The van der Waals surface area contributed by atoms with Crippen LogP contribution in [0.5, 0.6) is 0 Å². The van der Waals surface area contributed by atoms with E-state index in [1.54, 1.807) is 11.9 Å². The lowest BCUT2D eigenvalue weighted by atomic mass is 10.4. The Hall–Kier alpha value is -1.30. The molecule has 1 aromatic heterocycles. The number of nitrogens with zero attached hydrogens (tertiary/aromatic N) is 3. The molecule has 5 nitrogen and oxygen atoms in total. The van der Waals surface area contributed by atoms with Crippen LogP contribution in [-0.4, -0.2) is 43.0 Å². The molecule has 1 heterocycles. The second-order valence-corrected chi connectivity index (χ2v) is 4.93. The van der Waals surface area contributed by atoms with Gasteiger partial charge in [-0.1, -0.05) is 18.3 Å². The van der Waals surface area contributed by atoms with Crippen molar-refractivity contribution in [1.82, 2.24) is 9.88 Å². The van der Waals surface area contributed by atoms with Gasteiger partial charge in [0.15, 0.2) is 5.13 Å². The fourth-order valence-corrected chi connectivity index (χ4v) is 2.35. The molecule has 17 heavy (non-hydrogen) atoms. The summed E-state index contributed by atoms with van der Waals surface area (Å²) in [6, 6.07) is 0. The molecule has 0 aliphatic heterocycles. The number of aromatic nitrogens is 1. The highest BCUT2D eigenvalue weighted by atomic mass is 32.1. The molecular weight excluding hydrogens is 236 g/mol. The van der Waals surface area contributed by atoms with Gasteiger partial charge in [0.05, 0.1) is 0 Å². The summed E-state index contributed by atoms with van der Waals surface area (Å²) in [6.07, 6.45) is 1.04. The molecule has 0 bridgehead atoms. The van der Waals surface area contributed by atoms with Gasteiger partial charge in [0, 0.05) is 27.2 Å². The molecule has 0 saturated carbocycles. The summed E-state index contributed by atoms with van der Waals surface area (Å²) < 4.78 is 0. The smallest absolute Gasteiger partial charge is 0.267 e. The number of carbonyl (C=O) groups excluding carboxylic acids is 1. The minimum absolute atomic E-state index is 0.0568. The Morgan fingerprint density at radius 1 is 1.41 bits per heavy atom. The van der Waals surface area contributed by atoms with Gasteiger partial charge in [-0.2, -0.15) is 0 Å². The predicted molar refractivity (Wildman–Crippen MR) is 72.7 cm³/mol. The predicted octanol–water partition coefficient (Wildman–Crippen LogP) is 1.66. The average molecular weight is 256 g/mol. The summed E-state index contributed by atoms with van der Waals surface area (Å²) in [4.78, 5) is 20.4. The van der Waals surface area contributed by atoms with E-state index in [4.69, 9.17) is 5.73 Å². The van der Waals surface area contributed by atoms with Gasteiger partial charge in [-0.15, -0.1) is 0 Å². The summed E-state index contributed by atoms with van der Waals surface area (Å²) >= 11 is 1.36. The fourth-order valence-electron chi connectivity index (χ4n) is 1.38. The van der Waals surface area contributed by atoms with Crippen molar-refractivity contribution in [2.45, 2.75) is 20.3 Å². The van der Waals surface area contributed by atoms with Crippen LogP contribution >= 0.6 is 11.3 Å². The maximum absolute atomic E-state index is 12.0. The van der Waals surface area contributed by atoms with Crippen LogP contribution in [0.1, 0.15) is 29.9 Å². The highest BCUT2D eigenvalue weighted by Crippen LogP contribution is 2.28. The van der Waals surface area contributed by atoms with Crippen molar-refractivity contribution < 1.29 is 4.79 Å². The average Bonchev–Trinajstić information content (AvgIpc) is 2.69. The Balaban J connectivity index is 2.92. The first-order chi connectivity index (χ1) is 8.01. The van der Waals surface area contributed by atoms with Crippen LogP contribution in [0, 0.1) is 0 Å². The van der Waals surface area contributed by atoms with Gasteiger partial charge in [-0.3, -0.25) is 4.79 Å². The zero-order chi connectivity index (χ0) is 13.0. The van der Waals surface area contributed by atoms with E-state index in [1.165, 1.54) is 11.3 Å². The molecule has 0 aliphatic carbocycles. The molecule has 0 atom stereocenters. The summed E-state index contributed by atoms with van der Waals surface area (Å²) in [6.45, 7) is 5.60. The zero-order valence-electron chi connectivity index (χ0n) is 10.9. The number of nitrogens with two attached hydrogens (primary N) is 1. The summed E-state index contributed by atoms with van der Waals surface area (Å²) in [5.74, 6) is 0.275. The van der Waals surface area contributed by atoms with E-state index >= 15 is 0 Å². The third kappa shape index (κ3) is 3.09. The van der Waals surface area contributed by atoms with Crippen molar-refractivity contribution in [2.24, 2.45) is 0 Å². The van der Waals surface area contributed by atoms with Crippen molar-refractivity contribution in [1.29, 1.82) is 0 Å². The van der Waals surface area contributed by atoms with E-state index in [0.29, 0.717) is 17.2 Å². The third-order valence-electron chi connectivity index (χ3n) is 2.54. The standard InChI is InChI=1S/C11H20N4OS/c1-5-7-15(4)11-13-9(12)8(17-11)10(16)14(3)6-2/h5-7,12H2,1-4H3. The van der Waals surface area contributed by atoms with Crippen LogP contribution in [0.4, 0.5) is 10.9 Å².